The van der Waals surface area contributed by atoms with Gasteiger partial charge in [-0.25, -0.2) is 0 Å². The van der Waals surface area contributed by atoms with E-state index in [0.717, 1.165) is 29.7 Å². The van der Waals surface area contributed by atoms with Crippen molar-refractivity contribution in [3.05, 3.63) is 33.3 Å². The van der Waals surface area contributed by atoms with Crippen LogP contribution in [0.3, 0.4) is 0 Å². The van der Waals surface area contributed by atoms with E-state index in [9.17, 15) is 4.79 Å². The van der Waals surface area contributed by atoms with Crippen molar-refractivity contribution in [2.24, 2.45) is 5.92 Å². The van der Waals surface area contributed by atoms with Gasteiger partial charge in [-0.2, -0.15) is 0 Å². The van der Waals surface area contributed by atoms with Crippen LogP contribution in [0.1, 0.15) is 29.6 Å². The zero-order chi connectivity index (χ0) is 11.3. The monoisotopic (exact) mass is 299 g/mol. The molecule has 1 amide bonds. The number of carbonyl (C=O) groups excluding carboxylic acids is 1. The first-order chi connectivity index (χ1) is 7.60. The van der Waals surface area contributed by atoms with Crippen molar-refractivity contribution in [2.75, 3.05) is 0 Å². The van der Waals surface area contributed by atoms with Gasteiger partial charge in [0.05, 0.1) is 10.6 Å². The maximum Gasteiger partial charge on any atom is 0.254 e. The van der Waals surface area contributed by atoms with Crippen LogP contribution < -0.4 is 5.32 Å². The van der Waals surface area contributed by atoms with Gasteiger partial charge in [0.25, 0.3) is 5.91 Å². The van der Waals surface area contributed by atoms with Crippen LogP contribution in [0.2, 0.25) is 5.02 Å². The Morgan fingerprint density at radius 3 is 2.62 bits per heavy atom. The van der Waals surface area contributed by atoms with E-state index in [1.54, 1.807) is 6.07 Å². The first kappa shape index (κ1) is 10.6. The third kappa shape index (κ3) is 1.49. The van der Waals surface area contributed by atoms with Gasteiger partial charge in [0, 0.05) is 10.0 Å². The average molecular weight is 301 g/mol. The van der Waals surface area contributed by atoms with E-state index in [1.807, 2.05) is 12.1 Å². The maximum atomic E-state index is 12.1. The molecule has 3 fully saturated rings. The molecule has 2 nitrogen and oxygen atoms in total. The van der Waals surface area contributed by atoms with E-state index in [2.05, 4.69) is 21.2 Å². The molecular weight excluding hydrogens is 289 g/mol. The third-order valence-corrected chi connectivity index (χ3v) is 4.58. The normalized spacial score (nSPS) is 30.2. The average Bonchev–Trinajstić information content (AvgIpc) is 2.09. The fourth-order valence-corrected chi connectivity index (χ4v) is 3.57. The second kappa shape index (κ2) is 3.47. The predicted molar refractivity (Wildman–Crippen MR) is 66.7 cm³/mol. The van der Waals surface area contributed by atoms with E-state index in [0.29, 0.717) is 10.6 Å². The Bertz CT molecular complexity index is 437. The molecule has 1 aromatic carbocycles. The van der Waals surface area contributed by atoms with Gasteiger partial charge in [0.1, 0.15) is 0 Å². The highest BCUT2D eigenvalue weighted by Crippen LogP contribution is 2.57. The zero-order valence-corrected chi connectivity index (χ0v) is 10.9. The Morgan fingerprint density at radius 1 is 1.44 bits per heavy atom. The molecule has 0 radical (unpaired) electrons. The van der Waals surface area contributed by atoms with E-state index >= 15 is 0 Å². The van der Waals surface area contributed by atoms with Crippen LogP contribution in [0.25, 0.3) is 0 Å². The molecule has 1 aromatic rings. The van der Waals surface area contributed by atoms with Crippen molar-refractivity contribution in [1.29, 1.82) is 0 Å². The fraction of sp³-hybridized carbons (Fsp3) is 0.417. The maximum absolute atomic E-state index is 12.1. The summed E-state index contributed by atoms with van der Waals surface area (Å²) in [4.78, 5) is 12.1. The predicted octanol–water partition coefficient (Wildman–Crippen LogP) is 3.38. The molecule has 0 heterocycles. The number of hydrogen-bond acceptors (Lipinski definition) is 1. The Labute approximate surface area is 107 Å². The molecule has 4 heteroatoms. The Morgan fingerprint density at radius 2 is 2.12 bits per heavy atom. The summed E-state index contributed by atoms with van der Waals surface area (Å²) in [5, 5.41) is 3.60. The molecular formula is C12H11BrClNO. The molecule has 0 atom stereocenters. The minimum absolute atomic E-state index is 0.0596. The van der Waals surface area contributed by atoms with Crippen molar-refractivity contribution < 1.29 is 4.79 Å². The number of rotatable bonds is 2. The molecule has 16 heavy (non-hydrogen) atoms. The van der Waals surface area contributed by atoms with Crippen LogP contribution in [0.15, 0.2) is 22.7 Å². The van der Waals surface area contributed by atoms with Crippen LogP contribution in [0, 0.1) is 5.92 Å². The van der Waals surface area contributed by atoms with Crippen molar-refractivity contribution in [1.82, 2.24) is 5.32 Å². The molecule has 84 valence electrons. The topological polar surface area (TPSA) is 29.1 Å². The van der Waals surface area contributed by atoms with Crippen molar-refractivity contribution in [3.8, 4) is 0 Å². The SMILES string of the molecule is O=C(NC12CC(C1)C2)c1c(Cl)cccc1Br. The summed E-state index contributed by atoms with van der Waals surface area (Å²) < 4.78 is 0.754. The van der Waals surface area contributed by atoms with Crippen molar-refractivity contribution >= 4 is 33.4 Å². The third-order valence-electron chi connectivity index (χ3n) is 3.61. The molecule has 0 aromatic heterocycles. The van der Waals surface area contributed by atoms with Gasteiger partial charge < -0.3 is 5.32 Å². The number of carbonyl (C=O) groups is 1. The largest absolute Gasteiger partial charge is 0.346 e. The number of benzene rings is 1. The van der Waals surface area contributed by atoms with Gasteiger partial charge in [-0.15, -0.1) is 0 Å². The Hall–Kier alpha value is -0.540. The minimum Gasteiger partial charge on any atom is -0.346 e. The number of amides is 1. The molecule has 0 saturated heterocycles. The molecule has 1 N–H and O–H groups in total. The molecule has 0 aliphatic heterocycles. The highest BCUT2D eigenvalue weighted by molar-refractivity contribution is 9.10. The smallest absolute Gasteiger partial charge is 0.254 e. The van der Waals surface area contributed by atoms with E-state index < -0.39 is 0 Å². The Balaban J connectivity index is 1.83. The van der Waals surface area contributed by atoms with Crippen molar-refractivity contribution in [3.63, 3.8) is 0 Å². The lowest BCUT2D eigenvalue weighted by Crippen LogP contribution is -2.68. The molecule has 2 bridgehead atoms. The first-order valence-electron chi connectivity index (χ1n) is 5.36. The summed E-state index contributed by atoms with van der Waals surface area (Å²) in [6.07, 6.45) is 3.42. The molecule has 4 rings (SSSR count). The standard InChI is InChI=1S/C12H11BrClNO/c13-8-2-1-3-9(14)10(8)11(16)15-12-4-7(5-12)6-12/h1-3,7H,4-6H2,(H,15,16). The van der Waals surface area contributed by atoms with Gasteiger partial charge in [-0.3, -0.25) is 4.79 Å². The summed E-state index contributed by atoms with van der Waals surface area (Å²) in [5.74, 6) is 0.797. The summed E-state index contributed by atoms with van der Waals surface area (Å²) in [6, 6.07) is 5.40. The second-order valence-corrected chi connectivity index (χ2v) is 6.07. The lowest BCUT2D eigenvalue weighted by atomic mass is 9.50. The lowest BCUT2D eigenvalue weighted by Gasteiger charge is -2.61. The quantitative estimate of drug-likeness (QED) is 0.891. The first-order valence-corrected chi connectivity index (χ1v) is 6.53. The lowest BCUT2D eigenvalue weighted by molar-refractivity contribution is -0.0438. The van der Waals surface area contributed by atoms with Gasteiger partial charge in [0.2, 0.25) is 0 Å². The molecule has 3 saturated carbocycles. The highest BCUT2D eigenvalue weighted by atomic mass is 79.9. The van der Waals surface area contributed by atoms with Crippen LogP contribution >= 0.6 is 27.5 Å². The highest BCUT2D eigenvalue weighted by Gasteiger charge is 2.57. The van der Waals surface area contributed by atoms with Crippen LogP contribution in [0.4, 0.5) is 0 Å². The van der Waals surface area contributed by atoms with Gasteiger partial charge >= 0.3 is 0 Å². The molecule has 0 unspecified atom stereocenters. The fourth-order valence-electron chi connectivity index (χ4n) is 2.65. The summed E-state index contributed by atoms with van der Waals surface area (Å²) in [5.41, 5.74) is 0.647. The van der Waals surface area contributed by atoms with Gasteiger partial charge in [-0.1, -0.05) is 17.7 Å². The van der Waals surface area contributed by atoms with Crippen LogP contribution in [0.5, 0.6) is 0 Å². The van der Waals surface area contributed by atoms with E-state index in [4.69, 9.17) is 11.6 Å². The van der Waals surface area contributed by atoms with E-state index in [-0.39, 0.29) is 11.4 Å². The van der Waals surface area contributed by atoms with Crippen LogP contribution in [-0.4, -0.2) is 11.4 Å². The minimum atomic E-state index is -0.0596. The Kier molecular flexibility index (Phi) is 2.30. The summed E-state index contributed by atoms with van der Waals surface area (Å²) >= 11 is 9.40. The molecule has 3 aliphatic carbocycles. The van der Waals surface area contributed by atoms with Gasteiger partial charge in [0.15, 0.2) is 0 Å². The number of nitrogens with one attached hydrogen (secondary N) is 1. The summed E-state index contributed by atoms with van der Waals surface area (Å²) in [6.45, 7) is 0. The number of halogens is 2. The number of hydrogen-bond donors (Lipinski definition) is 1. The summed E-state index contributed by atoms with van der Waals surface area (Å²) in [7, 11) is 0. The second-order valence-electron chi connectivity index (χ2n) is 4.81. The van der Waals surface area contributed by atoms with Crippen molar-refractivity contribution in [2.45, 2.75) is 24.8 Å². The molecule has 3 aliphatic rings. The van der Waals surface area contributed by atoms with Gasteiger partial charge in [-0.05, 0) is 53.2 Å². The zero-order valence-electron chi connectivity index (χ0n) is 8.59. The van der Waals surface area contributed by atoms with Crippen LogP contribution in [-0.2, 0) is 0 Å². The van der Waals surface area contributed by atoms with E-state index in [1.165, 1.54) is 0 Å². The molecule has 0 spiro atoms.